The van der Waals surface area contributed by atoms with Crippen molar-refractivity contribution in [1.29, 1.82) is 0 Å². The first kappa shape index (κ1) is 9.21. The van der Waals surface area contributed by atoms with E-state index in [1.54, 1.807) is 12.5 Å². The number of pyridine rings is 1. The molecular weight excluding hydrogens is 198 g/mol. The summed E-state index contributed by atoms with van der Waals surface area (Å²) in [5.74, 6) is 0.437. The molecule has 0 amide bonds. The Morgan fingerprint density at radius 2 is 2.36 bits per heavy atom. The molecule has 0 fully saturated rings. The molecule has 0 atom stereocenters. The second kappa shape index (κ2) is 3.80. The molecule has 3 nitrogen and oxygen atoms in total. The molecule has 14 heavy (non-hydrogen) atoms. The number of nitrogens with zero attached hydrogens (tertiary/aromatic N) is 3. The van der Waals surface area contributed by atoms with E-state index in [2.05, 4.69) is 9.97 Å². The third-order valence-electron chi connectivity index (χ3n) is 2.06. The van der Waals surface area contributed by atoms with Gasteiger partial charge in [-0.05, 0) is 18.6 Å². The van der Waals surface area contributed by atoms with Gasteiger partial charge < -0.3 is 4.57 Å². The van der Waals surface area contributed by atoms with Gasteiger partial charge in [-0.25, -0.2) is 4.98 Å². The Labute approximate surface area is 87.4 Å². The van der Waals surface area contributed by atoms with Gasteiger partial charge in [0, 0.05) is 12.4 Å². The largest absolute Gasteiger partial charge is 0.304 e. The normalized spacial score (nSPS) is 10.4. The topological polar surface area (TPSA) is 30.7 Å². The van der Waals surface area contributed by atoms with Crippen LogP contribution in [0.25, 0.3) is 5.69 Å². The monoisotopic (exact) mass is 207 g/mol. The third kappa shape index (κ3) is 1.63. The van der Waals surface area contributed by atoms with Crippen LogP contribution in [0, 0.1) is 6.92 Å². The lowest BCUT2D eigenvalue weighted by Crippen LogP contribution is -1.94. The standard InChI is InChI=1S/C10H10ClN3/c1-8-2-3-12-5-10(8)14-6-9(4-11)13-7-14/h2-3,5-7H,4H2,1H3. The van der Waals surface area contributed by atoms with E-state index >= 15 is 0 Å². The van der Waals surface area contributed by atoms with Gasteiger partial charge in [0.15, 0.2) is 0 Å². The predicted octanol–water partition coefficient (Wildman–Crippen LogP) is 2.31. The summed E-state index contributed by atoms with van der Waals surface area (Å²) in [7, 11) is 0. The van der Waals surface area contributed by atoms with Gasteiger partial charge in [0.2, 0.25) is 0 Å². The molecule has 0 aliphatic heterocycles. The Kier molecular flexibility index (Phi) is 2.50. The summed E-state index contributed by atoms with van der Waals surface area (Å²) in [6.45, 7) is 2.04. The predicted molar refractivity (Wildman–Crippen MR) is 55.7 cm³/mol. The van der Waals surface area contributed by atoms with Gasteiger partial charge in [-0.2, -0.15) is 0 Å². The molecule has 0 saturated carbocycles. The smallest absolute Gasteiger partial charge is 0.0996 e. The summed E-state index contributed by atoms with van der Waals surface area (Å²) >= 11 is 5.68. The van der Waals surface area contributed by atoms with Gasteiger partial charge in [0.05, 0.1) is 29.8 Å². The highest BCUT2D eigenvalue weighted by molar-refractivity contribution is 6.16. The van der Waals surface area contributed by atoms with E-state index in [1.165, 1.54) is 5.56 Å². The fourth-order valence-electron chi connectivity index (χ4n) is 1.29. The number of hydrogen-bond donors (Lipinski definition) is 0. The first-order valence-corrected chi connectivity index (χ1v) is 4.84. The van der Waals surface area contributed by atoms with Crippen molar-refractivity contribution in [3.63, 3.8) is 0 Å². The van der Waals surface area contributed by atoms with Crippen LogP contribution >= 0.6 is 11.6 Å². The molecule has 0 aliphatic rings. The summed E-state index contributed by atoms with van der Waals surface area (Å²) in [4.78, 5) is 8.23. The van der Waals surface area contributed by atoms with Gasteiger partial charge in [0.25, 0.3) is 0 Å². The molecule has 2 aromatic heterocycles. The molecular formula is C10H10ClN3. The van der Waals surface area contributed by atoms with Crippen molar-refractivity contribution in [2.45, 2.75) is 12.8 Å². The van der Waals surface area contributed by atoms with Crippen molar-refractivity contribution in [2.24, 2.45) is 0 Å². The van der Waals surface area contributed by atoms with E-state index in [0.29, 0.717) is 5.88 Å². The van der Waals surface area contributed by atoms with Crippen LogP contribution in [-0.2, 0) is 5.88 Å². The van der Waals surface area contributed by atoms with E-state index in [-0.39, 0.29) is 0 Å². The van der Waals surface area contributed by atoms with Gasteiger partial charge in [-0.3, -0.25) is 4.98 Å². The lowest BCUT2D eigenvalue weighted by molar-refractivity contribution is 1.02. The van der Waals surface area contributed by atoms with Gasteiger partial charge >= 0.3 is 0 Å². The summed E-state index contributed by atoms with van der Waals surface area (Å²) in [6.07, 6.45) is 7.26. The van der Waals surface area contributed by atoms with Crippen molar-refractivity contribution < 1.29 is 0 Å². The molecule has 2 heterocycles. The van der Waals surface area contributed by atoms with Crippen LogP contribution < -0.4 is 0 Å². The van der Waals surface area contributed by atoms with E-state index in [9.17, 15) is 0 Å². The Bertz CT molecular complexity index is 436. The van der Waals surface area contributed by atoms with E-state index < -0.39 is 0 Å². The third-order valence-corrected chi connectivity index (χ3v) is 2.34. The summed E-state index contributed by atoms with van der Waals surface area (Å²) in [5.41, 5.74) is 3.07. The van der Waals surface area contributed by atoms with Crippen molar-refractivity contribution in [3.05, 3.63) is 42.2 Å². The number of rotatable bonds is 2. The van der Waals surface area contributed by atoms with Crippen LogP contribution in [0.2, 0.25) is 0 Å². The number of aromatic nitrogens is 3. The molecule has 0 unspecified atom stereocenters. The fourth-order valence-corrected chi connectivity index (χ4v) is 1.43. The molecule has 0 N–H and O–H groups in total. The highest BCUT2D eigenvalue weighted by Crippen LogP contribution is 2.12. The number of aryl methyl sites for hydroxylation is 1. The molecule has 0 spiro atoms. The molecule has 2 aromatic rings. The second-order valence-electron chi connectivity index (χ2n) is 3.07. The Hall–Kier alpha value is -1.35. The van der Waals surface area contributed by atoms with Crippen LogP contribution in [0.5, 0.6) is 0 Å². The second-order valence-corrected chi connectivity index (χ2v) is 3.34. The van der Waals surface area contributed by atoms with Crippen LogP contribution in [0.4, 0.5) is 0 Å². The SMILES string of the molecule is Cc1ccncc1-n1cnc(CCl)c1. The van der Waals surface area contributed by atoms with Crippen LogP contribution in [-0.4, -0.2) is 14.5 Å². The molecule has 0 aromatic carbocycles. The first-order valence-electron chi connectivity index (χ1n) is 4.31. The zero-order chi connectivity index (χ0) is 9.97. The quantitative estimate of drug-likeness (QED) is 0.708. The maximum absolute atomic E-state index is 5.68. The Balaban J connectivity index is 2.44. The number of halogens is 1. The van der Waals surface area contributed by atoms with Crippen molar-refractivity contribution in [2.75, 3.05) is 0 Å². The highest BCUT2D eigenvalue weighted by atomic mass is 35.5. The summed E-state index contributed by atoms with van der Waals surface area (Å²) in [6, 6.07) is 1.97. The lowest BCUT2D eigenvalue weighted by atomic mass is 10.2. The average molecular weight is 208 g/mol. The molecule has 2 rings (SSSR count). The van der Waals surface area contributed by atoms with E-state index in [4.69, 9.17) is 11.6 Å². The van der Waals surface area contributed by atoms with Crippen molar-refractivity contribution in [3.8, 4) is 5.69 Å². The summed E-state index contributed by atoms with van der Waals surface area (Å²) in [5, 5.41) is 0. The van der Waals surface area contributed by atoms with E-state index in [1.807, 2.05) is 30.0 Å². The molecule has 4 heteroatoms. The van der Waals surface area contributed by atoms with Gasteiger partial charge in [0.1, 0.15) is 0 Å². The fraction of sp³-hybridized carbons (Fsp3) is 0.200. The lowest BCUT2D eigenvalue weighted by Gasteiger charge is -2.03. The van der Waals surface area contributed by atoms with E-state index in [0.717, 1.165) is 11.4 Å². The molecule has 0 radical (unpaired) electrons. The minimum Gasteiger partial charge on any atom is -0.304 e. The Morgan fingerprint density at radius 1 is 1.50 bits per heavy atom. The van der Waals surface area contributed by atoms with Gasteiger partial charge in [-0.1, -0.05) is 0 Å². The van der Waals surface area contributed by atoms with Crippen LogP contribution in [0.1, 0.15) is 11.3 Å². The number of imidazole rings is 1. The Morgan fingerprint density at radius 3 is 3.00 bits per heavy atom. The number of alkyl halides is 1. The van der Waals surface area contributed by atoms with Crippen LogP contribution in [0.3, 0.4) is 0 Å². The van der Waals surface area contributed by atoms with Crippen molar-refractivity contribution in [1.82, 2.24) is 14.5 Å². The molecule has 72 valence electrons. The number of hydrogen-bond acceptors (Lipinski definition) is 2. The molecule has 0 saturated heterocycles. The molecule has 0 aliphatic carbocycles. The zero-order valence-electron chi connectivity index (χ0n) is 7.81. The highest BCUT2D eigenvalue weighted by Gasteiger charge is 2.02. The maximum atomic E-state index is 5.68. The maximum Gasteiger partial charge on any atom is 0.0996 e. The van der Waals surface area contributed by atoms with Crippen molar-refractivity contribution >= 4 is 11.6 Å². The zero-order valence-corrected chi connectivity index (χ0v) is 8.57. The van der Waals surface area contributed by atoms with Gasteiger partial charge in [-0.15, -0.1) is 11.6 Å². The minimum atomic E-state index is 0.437. The van der Waals surface area contributed by atoms with Crippen LogP contribution in [0.15, 0.2) is 31.0 Å². The minimum absolute atomic E-state index is 0.437. The molecule has 0 bridgehead atoms. The average Bonchev–Trinajstić information content (AvgIpc) is 2.67. The summed E-state index contributed by atoms with van der Waals surface area (Å²) < 4.78 is 1.93. The first-order chi connectivity index (χ1) is 6.81.